The highest BCUT2D eigenvalue weighted by atomic mass is 32.2. The van der Waals surface area contributed by atoms with Gasteiger partial charge in [0.2, 0.25) is 0 Å². The monoisotopic (exact) mass is 341 g/mol. The van der Waals surface area contributed by atoms with Gasteiger partial charge in [0.05, 0.1) is 4.90 Å². The first kappa shape index (κ1) is 14.9. The van der Waals surface area contributed by atoms with Gasteiger partial charge in [0.1, 0.15) is 11.9 Å². The van der Waals surface area contributed by atoms with E-state index in [4.69, 9.17) is 0 Å². The second kappa shape index (κ2) is 5.45. The maximum Gasteiger partial charge on any atom is 0.263 e. The van der Waals surface area contributed by atoms with Crippen molar-refractivity contribution in [1.29, 1.82) is 0 Å². The van der Waals surface area contributed by atoms with Crippen molar-refractivity contribution in [2.24, 2.45) is 4.99 Å². The molecule has 0 aliphatic carbocycles. The Bertz CT molecular complexity index is 939. The molecule has 0 bridgehead atoms. The lowest BCUT2D eigenvalue weighted by molar-refractivity contribution is -0.118. The number of aliphatic imine (C=N–C) groups is 1. The number of para-hydroxylation sites is 1. The van der Waals surface area contributed by atoms with Crippen LogP contribution in [-0.2, 0) is 14.8 Å². The van der Waals surface area contributed by atoms with Crippen LogP contribution in [0.3, 0.4) is 0 Å². The molecule has 0 radical (unpaired) electrons. The SMILES string of the molecule is O=C1C(N=C2NS(=O)(=O)c3ccccc32)CCN1c1ccccc1. The predicted molar refractivity (Wildman–Crippen MR) is 90.5 cm³/mol. The van der Waals surface area contributed by atoms with Gasteiger partial charge in [-0.2, -0.15) is 0 Å². The molecule has 4 rings (SSSR count). The van der Waals surface area contributed by atoms with E-state index in [2.05, 4.69) is 9.71 Å². The number of sulfonamides is 1. The van der Waals surface area contributed by atoms with Gasteiger partial charge in [-0.15, -0.1) is 0 Å². The summed E-state index contributed by atoms with van der Waals surface area (Å²) in [5, 5.41) is 0. The van der Waals surface area contributed by atoms with Gasteiger partial charge in [-0.25, -0.2) is 8.42 Å². The van der Waals surface area contributed by atoms with Crippen molar-refractivity contribution in [3.05, 3.63) is 60.2 Å². The van der Waals surface area contributed by atoms with Crippen molar-refractivity contribution in [2.45, 2.75) is 17.4 Å². The molecule has 0 saturated carbocycles. The highest BCUT2D eigenvalue weighted by Crippen LogP contribution is 2.26. The zero-order valence-corrected chi connectivity index (χ0v) is 13.5. The Balaban J connectivity index is 1.65. The average molecular weight is 341 g/mol. The zero-order chi connectivity index (χ0) is 16.7. The fourth-order valence-corrected chi connectivity index (χ4v) is 4.27. The first-order valence-electron chi connectivity index (χ1n) is 7.63. The normalized spacial score (nSPS) is 23.3. The van der Waals surface area contributed by atoms with Crippen LogP contribution in [0, 0.1) is 0 Å². The Hall–Kier alpha value is -2.67. The Labute approximate surface area is 139 Å². The molecule has 2 heterocycles. The Morgan fingerprint density at radius 3 is 2.54 bits per heavy atom. The summed E-state index contributed by atoms with van der Waals surface area (Å²) >= 11 is 0. The number of nitrogens with one attached hydrogen (secondary N) is 1. The molecule has 1 atom stereocenters. The van der Waals surface area contributed by atoms with Gasteiger partial charge in [-0.05, 0) is 30.7 Å². The molecule has 122 valence electrons. The highest BCUT2D eigenvalue weighted by Gasteiger charge is 2.36. The van der Waals surface area contributed by atoms with Crippen molar-refractivity contribution in [1.82, 2.24) is 4.72 Å². The van der Waals surface area contributed by atoms with E-state index in [1.54, 1.807) is 23.1 Å². The number of hydrogen-bond donors (Lipinski definition) is 1. The fraction of sp³-hybridized carbons (Fsp3) is 0.176. The quantitative estimate of drug-likeness (QED) is 0.900. The second-order valence-corrected chi connectivity index (χ2v) is 7.36. The van der Waals surface area contributed by atoms with E-state index in [1.807, 2.05) is 30.3 Å². The van der Waals surface area contributed by atoms with Crippen molar-refractivity contribution < 1.29 is 13.2 Å². The lowest BCUT2D eigenvalue weighted by atomic mass is 10.2. The molecular formula is C17H15N3O3S. The van der Waals surface area contributed by atoms with Crippen LogP contribution in [0.25, 0.3) is 0 Å². The van der Waals surface area contributed by atoms with Crippen LogP contribution in [0.5, 0.6) is 0 Å². The first-order valence-corrected chi connectivity index (χ1v) is 9.11. The summed E-state index contributed by atoms with van der Waals surface area (Å²) in [4.78, 5) is 18.9. The highest BCUT2D eigenvalue weighted by molar-refractivity contribution is 7.90. The number of amides is 1. The van der Waals surface area contributed by atoms with Crippen LogP contribution in [0.4, 0.5) is 5.69 Å². The zero-order valence-electron chi connectivity index (χ0n) is 12.7. The number of anilines is 1. The third-order valence-corrected chi connectivity index (χ3v) is 5.59. The van der Waals surface area contributed by atoms with E-state index in [9.17, 15) is 13.2 Å². The Morgan fingerprint density at radius 2 is 1.75 bits per heavy atom. The third-order valence-electron chi connectivity index (χ3n) is 4.19. The van der Waals surface area contributed by atoms with Crippen LogP contribution in [0.2, 0.25) is 0 Å². The number of fused-ring (bicyclic) bond motifs is 1. The summed E-state index contributed by atoms with van der Waals surface area (Å²) in [6, 6.07) is 15.5. The van der Waals surface area contributed by atoms with E-state index >= 15 is 0 Å². The Kier molecular flexibility index (Phi) is 3.38. The van der Waals surface area contributed by atoms with Crippen LogP contribution in [-0.4, -0.2) is 32.7 Å². The molecule has 1 N–H and O–H groups in total. The first-order chi connectivity index (χ1) is 11.6. The average Bonchev–Trinajstić information content (AvgIpc) is 3.07. The van der Waals surface area contributed by atoms with Gasteiger partial charge in [0.25, 0.3) is 15.9 Å². The van der Waals surface area contributed by atoms with Crippen LogP contribution >= 0.6 is 0 Å². The molecule has 7 heteroatoms. The molecule has 2 aromatic carbocycles. The number of benzene rings is 2. The topological polar surface area (TPSA) is 78.8 Å². The van der Waals surface area contributed by atoms with Crippen molar-refractivity contribution in [3.63, 3.8) is 0 Å². The van der Waals surface area contributed by atoms with Crippen molar-refractivity contribution >= 4 is 27.5 Å². The lowest BCUT2D eigenvalue weighted by Crippen LogP contribution is -2.30. The summed E-state index contributed by atoms with van der Waals surface area (Å²) < 4.78 is 26.7. The Morgan fingerprint density at radius 1 is 1.04 bits per heavy atom. The van der Waals surface area contributed by atoms with Gasteiger partial charge in [0.15, 0.2) is 0 Å². The molecule has 1 unspecified atom stereocenters. The van der Waals surface area contributed by atoms with Gasteiger partial charge in [-0.3, -0.25) is 14.5 Å². The van der Waals surface area contributed by atoms with E-state index in [-0.39, 0.29) is 16.6 Å². The lowest BCUT2D eigenvalue weighted by Gasteiger charge is -2.15. The summed E-state index contributed by atoms with van der Waals surface area (Å²) in [6.45, 7) is 0.568. The number of carbonyl (C=O) groups is 1. The van der Waals surface area contributed by atoms with Crippen LogP contribution < -0.4 is 9.62 Å². The molecule has 1 fully saturated rings. The van der Waals surface area contributed by atoms with Crippen LogP contribution in [0.15, 0.2) is 64.5 Å². The number of carbonyl (C=O) groups excluding carboxylic acids is 1. The molecule has 0 aromatic heterocycles. The minimum atomic E-state index is -3.59. The summed E-state index contributed by atoms with van der Waals surface area (Å²) in [7, 11) is -3.59. The molecule has 1 amide bonds. The van der Waals surface area contributed by atoms with Gasteiger partial charge in [0, 0.05) is 17.8 Å². The van der Waals surface area contributed by atoms with Crippen LogP contribution in [0.1, 0.15) is 12.0 Å². The standard InChI is InChI=1S/C17H15N3O3S/c21-17-14(10-11-20(17)12-6-2-1-3-7-12)18-16-13-8-4-5-9-15(13)24(22,23)19-16/h1-9,14H,10-11H2,(H,18,19). The number of rotatable bonds is 2. The minimum absolute atomic E-state index is 0.114. The molecule has 2 aliphatic rings. The van der Waals surface area contributed by atoms with Gasteiger partial charge in [-0.1, -0.05) is 30.3 Å². The molecule has 0 spiro atoms. The molecule has 2 aromatic rings. The van der Waals surface area contributed by atoms with Crippen molar-refractivity contribution in [3.8, 4) is 0 Å². The molecule has 2 aliphatic heterocycles. The second-order valence-electron chi connectivity index (χ2n) is 5.71. The smallest absolute Gasteiger partial charge is 0.263 e. The van der Waals surface area contributed by atoms with Crippen molar-refractivity contribution in [2.75, 3.05) is 11.4 Å². The number of amidine groups is 1. The molecule has 24 heavy (non-hydrogen) atoms. The molecular weight excluding hydrogens is 326 g/mol. The summed E-state index contributed by atoms with van der Waals surface area (Å²) in [5.74, 6) is 0.135. The summed E-state index contributed by atoms with van der Waals surface area (Å²) in [6.07, 6.45) is 0.557. The van der Waals surface area contributed by atoms with Gasteiger partial charge < -0.3 is 4.90 Å². The van der Waals surface area contributed by atoms with Gasteiger partial charge >= 0.3 is 0 Å². The summed E-state index contributed by atoms with van der Waals surface area (Å²) in [5.41, 5.74) is 1.35. The van der Waals surface area contributed by atoms with E-state index in [0.717, 1.165) is 5.69 Å². The maximum atomic E-state index is 12.6. The number of nitrogens with zero attached hydrogens (tertiary/aromatic N) is 2. The molecule has 6 nitrogen and oxygen atoms in total. The van der Waals surface area contributed by atoms with E-state index in [0.29, 0.717) is 18.5 Å². The maximum absolute atomic E-state index is 12.6. The van der Waals surface area contributed by atoms with E-state index in [1.165, 1.54) is 6.07 Å². The third kappa shape index (κ3) is 2.37. The minimum Gasteiger partial charge on any atom is -0.310 e. The largest absolute Gasteiger partial charge is 0.310 e. The molecule has 1 saturated heterocycles. The predicted octanol–water partition coefficient (Wildman–Crippen LogP) is 1.53. The fourth-order valence-electron chi connectivity index (χ4n) is 3.03. The number of hydrogen-bond acceptors (Lipinski definition) is 4. The van der Waals surface area contributed by atoms with E-state index < -0.39 is 16.1 Å².